The van der Waals surface area contributed by atoms with Gasteiger partial charge in [-0.05, 0) is 49.2 Å². The summed E-state index contributed by atoms with van der Waals surface area (Å²) in [4.78, 5) is 26.9. The Hall–Kier alpha value is -3.32. The average molecular weight is 421 g/mol. The number of hydrogen-bond acceptors (Lipinski definition) is 4. The molecule has 1 aliphatic rings. The van der Waals surface area contributed by atoms with Gasteiger partial charge in [-0.1, -0.05) is 18.2 Å². The van der Waals surface area contributed by atoms with Crippen LogP contribution in [-0.4, -0.2) is 54.1 Å². The number of anilines is 1. The van der Waals surface area contributed by atoms with Gasteiger partial charge in [-0.2, -0.15) is 0 Å². The summed E-state index contributed by atoms with van der Waals surface area (Å²) in [5.41, 5.74) is 1.82. The molecule has 1 fully saturated rings. The SMILES string of the molecule is COc1ccc2c(ccn2CC(=O)NC2CCN(CC(=O)Nc3ccccc3)CC2)c1. The van der Waals surface area contributed by atoms with Crippen LogP contribution in [0, 0.1) is 0 Å². The third-order valence-corrected chi connectivity index (χ3v) is 5.67. The van der Waals surface area contributed by atoms with Gasteiger partial charge in [-0.3, -0.25) is 14.5 Å². The molecule has 0 saturated carbocycles. The molecule has 1 saturated heterocycles. The third kappa shape index (κ3) is 5.44. The number of nitrogens with one attached hydrogen (secondary N) is 2. The Morgan fingerprint density at radius 3 is 2.52 bits per heavy atom. The number of nitrogens with zero attached hydrogens (tertiary/aromatic N) is 2. The number of fused-ring (bicyclic) bond motifs is 1. The van der Waals surface area contributed by atoms with Crippen molar-refractivity contribution in [2.45, 2.75) is 25.4 Å². The summed E-state index contributed by atoms with van der Waals surface area (Å²) in [6, 6.07) is 17.5. The Labute approximate surface area is 182 Å². The van der Waals surface area contributed by atoms with Gasteiger partial charge in [0.25, 0.3) is 0 Å². The lowest BCUT2D eigenvalue weighted by molar-refractivity contribution is -0.123. The molecule has 0 aliphatic carbocycles. The number of carbonyl (C=O) groups is 2. The lowest BCUT2D eigenvalue weighted by Crippen LogP contribution is -2.47. The van der Waals surface area contributed by atoms with Crippen molar-refractivity contribution < 1.29 is 14.3 Å². The van der Waals surface area contributed by atoms with Gasteiger partial charge < -0.3 is 19.9 Å². The molecule has 1 aliphatic heterocycles. The molecule has 7 nitrogen and oxygen atoms in total. The molecular formula is C24H28N4O3. The fraction of sp³-hybridized carbons (Fsp3) is 0.333. The molecule has 3 aromatic rings. The topological polar surface area (TPSA) is 75.6 Å². The highest BCUT2D eigenvalue weighted by atomic mass is 16.5. The number of methoxy groups -OCH3 is 1. The number of ether oxygens (including phenoxy) is 1. The normalized spacial score (nSPS) is 15.0. The van der Waals surface area contributed by atoms with Gasteiger partial charge in [0.1, 0.15) is 12.3 Å². The number of aromatic nitrogens is 1. The van der Waals surface area contributed by atoms with Crippen LogP contribution in [0.4, 0.5) is 5.69 Å². The molecular weight excluding hydrogens is 392 g/mol. The van der Waals surface area contributed by atoms with Crippen LogP contribution in [0.15, 0.2) is 60.8 Å². The van der Waals surface area contributed by atoms with Crippen LogP contribution in [0.1, 0.15) is 12.8 Å². The summed E-state index contributed by atoms with van der Waals surface area (Å²) in [5, 5.41) is 7.11. The monoisotopic (exact) mass is 420 g/mol. The zero-order chi connectivity index (χ0) is 21.6. The first kappa shape index (κ1) is 20.9. The van der Waals surface area contributed by atoms with Crippen LogP contribution in [0.3, 0.4) is 0 Å². The van der Waals surface area contributed by atoms with Gasteiger partial charge in [0.15, 0.2) is 0 Å². The molecule has 2 amide bonds. The number of para-hydroxylation sites is 1. The minimum atomic E-state index is -0.00944. The predicted molar refractivity (Wildman–Crippen MR) is 121 cm³/mol. The molecule has 2 N–H and O–H groups in total. The number of carbonyl (C=O) groups excluding carboxylic acids is 2. The Bertz CT molecular complexity index is 1040. The van der Waals surface area contributed by atoms with E-state index in [0.29, 0.717) is 6.54 Å². The maximum absolute atomic E-state index is 12.6. The summed E-state index contributed by atoms with van der Waals surface area (Å²) in [6.07, 6.45) is 3.61. The number of piperidine rings is 1. The summed E-state index contributed by atoms with van der Waals surface area (Å²) in [5.74, 6) is 0.803. The summed E-state index contributed by atoms with van der Waals surface area (Å²) in [7, 11) is 1.65. The van der Waals surface area contributed by atoms with Gasteiger partial charge in [0.2, 0.25) is 11.8 Å². The maximum Gasteiger partial charge on any atom is 0.240 e. The second kappa shape index (κ2) is 9.66. The quantitative estimate of drug-likeness (QED) is 0.616. The van der Waals surface area contributed by atoms with Crippen LogP contribution >= 0.6 is 0 Å². The Kier molecular flexibility index (Phi) is 6.52. The van der Waals surface area contributed by atoms with E-state index in [1.165, 1.54) is 0 Å². The fourth-order valence-electron chi connectivity index (χ4n) is 4.03. The highest BCUT2D eigenvalue weighted by Gasteiger charge is 2.22. The van der Waals surface area contributed by atoms with Crippen molar-refractivity contribution in [1.82, 2.24) is 14.8 Å². The minimum absolute atomic E-state index is 0.00795. The number of benzene rings is 2. The average Bonchev–Trinajstić information content (AvgIpc) is 3.17. The van der Waals surface area contributed by atoms with Gasteiger partial charge in [0.05, 0.1) is 13.7 Å². The Balaban J connectivity index is 1.22. The van der Waals surface area contributed by atoms with E-state index in [4.69, 9.17) is 4.74 Å². The van der Waals surface area contributed by atoms with Crippen molar-refractivity contribution in [3.8, 4) is 5.75 Å². The van der Waals surface area contributed by atoms with E-state index in [-0.39, 0.29) is 24.4 Å². The zero-order valence-corrected chi connectivity index (χ0v) is 17.7. The van der Waals surface area contributed by atoms with E-state index in [2.05, 4.69) is 15.5 Å². The molecule has 0 atom stereocenters. The van der Waals surface area contributed by atoms with Gasteiger partial charge >= 0.3 is 0 Å². The van der Waals surface area contributed by atoms with Gasteiger partial charge in [-0.25, -0.2) is 0 Å². The lowest BCUT2D eigenvalue weighted by Gasteiger charge is -2.31. The third-order valence-electron chi connectivity index (χ3n) is 5.67. The van der Waals surface area contributed by atoms with E-state index in [9.17, 15) is 9.59 Å². The molecule has 2 heterocycles. The predicted octanol–water partition coefficient (Wildman–Crippen LogP) is 2.87. The molecule has 2 aromatic carbocycles. The molecule has 0 bridgehead atoms. The number of hydrogen-bond donors (Lipinski definition) is 2. The van der Waals surface area contributed by atoms with Crippen molar-refractivity contribution in [3.05, 3.63) is 60.8 Å². The lowest BCUT2D eigenvalue weighted by atomic mass is 10.0. The summed E-state index contributed by atoms with van der Waals surface area (Å²) in [6.45, 7) is 2.24. The fourth-order valence-corrected chi connectivity index (χ4v) is 4.03. The van der Waals surface area contributed by atoms with Crippen molar-refractivity contribution in [1.29, 1.82) is 0 Å². The minimum Gasteiger partial charge on any atom is -0.497 e. The Morgan fingerprint density at radius 2 is 1.77 bits per heavy atom. The zero-order valence-electron chi connectivity index (χ0n) is 17.7. The van der Waals surface area contributed by atoms with Crippen LogP contribution < -0.4 is 15.4 Å². The van der Waals surface area contributed by atoms with E-state index >= 15 is 0 Å². The van der Waals surface area contributed by atoms with Crippen molar-refractivity contribution in [2.75, 3.05) is 32.1 Å². The Morgan fingerprint density at radius 1 is 1.00 bits per heavy atom. The van der Waals surface area contributed by atoms with Crippen molar-refractivity contribution >= 4 is 28.4 Å². The van der Waals surface area contributed by atoms with E-state index in [1.54, 1.807) is 7.11 Å². The first-order chi connectivity index (χ1) is 15.1. The van der Waals surface area contributed by atoms with Crippen LogP contribution in [0.2, 0.25) is 0 Å². The molecule has 7 heteroatoms. The molecule has 162 valence electrons. The molecule has 0 spiro atoms. The largest absolute Gasteiger partial charge is 0.497 e. The molecule has 31 heavy (non-hydrogen) atoms. The second-order valence-corrected chi connectivity index (χ2v) is 7.90. The van der Waals surface area contributed by atoms with Gasteiger partial charge in [0, 0.05) is 41.9 Å². The van der Waals surface area contributed by atoms with Crippen LogP contribution in [-0.2, 0) is 16.1 Å². The van der Waals surface area contributed by atoms with Crippen LogP contribution in [0.25, 0.3) is 10.9 Å². The van der Waals surface area contributed by atoms with Crippen LogP contribution in [0.5, 0.6) is 5.75 Å². The standard InChI is InChI=1S/C24H28N4O3/c1-31-21-7-8-22-18(15-21)9-14-28(22)17-24(30)26-20-10-12-27(13-11-20)16-23(29)25-19-5-3-2-4-6-19/h2-9,14-15,20H,10-13,16-17H2,1H3,(H,25,29)(H,26,30). The molecule has 1 aromatic heterocycles. The number of likely N-dealkylation sites (tertiary alicyclic amines) is 1. The van der Waals surface area contributed by atoms with Gasteiger partial charge in [-0.15, -0.1) is 0 Å². The van der Waals surface area contributed by atoms with E-state index in [0.717, 1.165) is 48.3 Å². The summed E-state index contributed by atoms with van der Waals surface area (Å²) >= 11 is 0. The van der Waals surface area contributed by atoms with Crippen molar-refractivity contribution in [2.24, 2.45) is 0 Å². The second-order valence-electron chi connectivity index (χ2n) is 7.90. The maximum atomic E-state index is 12.6. The highest BCUT2D eigenvalue weighted by Crippen LogP contribution is 2.21. The number of rotatable bonds is 7. The molecule has 0 unspecified atom stereocenters. The highest BCUT2D eigenvalue weighted by molar-refractivity contribution is 5.92. The van der Waals surface area contributed by atoms with Crippen molar-refractivity contribution in [3.63, 3.8) is 0 Å². The smallest absolute Gasteiger partial charge is 0.240 e. The van der Waals surface area contributed by atoms with E-state index < -0.39 is 0 Å². The number of amides is 2. The van der Waals surface area contributed by atoms with E-state index in [1.807, 2.05) is 65.4 Å². The molecule has 0 radical (unpaired) electrons. The summed E-state index contributed by atoms with van der Waals surface area (Å²) < 4.78 is 7.21. The first-order valence-electron chi connectivity index (χ1n) is 10.6. The first-order valence-corrected chi connectivity index (χ1v) is 10.6. The molecule has 4 rings (SSSR count).